The number of aromatic nitrogens is 2. The third-order valence-corrected chi connectivity index (χ3v) is 2.46. The Morgan fingerprint density at radius 2 is 2.18 bits per heavy atom. The molecule has 0 aliphatic carbocycles. The van der Waals surface area contributed by atoms with Crippen molar-refractivity contribution in [3.63, 3.8) is 0 Å². The van der Waals surface area contributed by atoms with E-state index in [0.717, 1.165) is 5.69 Å². The molecule has 1 aromatic heterocycles. The number of rotatable bonds is 3. The highest BCUT2D eigenvalue weighted by molar-refractivity contribution is 6.30. The Kier molecular flexibility index (Phi) is 3.54. The Bertz CT molecular complexity index is 531. The minimum atomic E-state index is -0.372. The van der Waals surface area contributed by atoms with E-state index in [0.29, 0.717) is 23.1 Å². The van der Waals surface area contributed by atoms with E-state index in [4.69, 9.17) is 11.6 Å². The van der Waals surface area contributed by atoms with Crippen molar-refractivity contribution in [3.8, 4) is 0 Å². The Hall–Kier alpha value is -1.68. The standard InChI is InChI=1S/C12H11ClFN3/c1-8-15-5-4-10(17-8)7-16-12-3-2-9(13)6-11(12)14/h2-6,16H,7H2,1H3. The fraction of sp³-hybridized carbons (Fsp3) is 0.167. The van der Waals surface area contributed by atoms with Gasteiger partial charge in [-0.3, -0.25) is 0 Å². The van der Waals surface area contributed by atoms with Gasteiger partial charge in [-0.25, -0.2) is 14.4 Å². The van der Waals surface area contributed by atoms with Crippen molar-refractivity contribution in [1.82, 2.24) is 9.97 Å². The van der Waals surface area contributed by atoms with E-state index in [1.807, 2.05) is 6.92 Å². The third kappa shape index (κ3) is 3.14. The summed E-state index contributed by atoms with van der Waals surface area (Å²) in [4.78, 5) is 8.21. The number of aryl methyl sites for hydroxylation is 1. The second-order valence-electron chi connectivity index (χ2n) is 3.57. The van der Waals surface area contributed by atoms with Crippen LogP contribution in [0.5, 0.6) is 0 Å². The molecular formula is C12H11ClFN3. The molecule has 0 unspecified atom stereocenters. The zero-order valence-electron chi connectivity index (χ0n) is 9.24. The van der Waals surface area contributed by atoms with Crippen molar-refractivity contribution in [3.05, 3.63) is 52.8 Å². The summed E-state index contributed by atoms with van der Waals surface area (Å²) < 4.78 is 13.5. The first kappa shape index (κ1) is 11.8. The summed E-state index contributed by atoms with van der Waals surface area (Å²) in [6, 6.07) is 6.30. The highest BCUT2D eigenvalue weighted by atomic mass is 35.5. The van der Waals surface area contributed by atoms with Crippen LogP contribution < -0.4 is 5.32 Å². The van der Waals surface area contributed by atoms with Gasteiger partial charge in [0.05, 0.1) is 17.9 Å². The van der Waals surface area contributed by atoms with Crippen molar-refractivity contribution in [1.29, 1.82) is 0 Å². The molecule has 0 spiro atoms. The van der Waals surface area contributed by atoms with Crippen LogP contribution in [0.4, 0.5) is 10.1 Å². The number of nitrogens with one attached hydrogen (secondary N) is 1. The molecule has 1 aromatic carbocycles. The maximum Gasteiger partial charge on any atom is 0.147 e. The molecule has 0 aliphatic rings. The number of nitrogens with zero attached hydrogens (tertiary/aromatic N) is 2. The zero-order chi connectivity index (χ0) is 12.3. The number of benzene rings is 1. The van der Waals surface area contributed by atoms with E-state index in [-0.39, 0.29) is 5.82 Å². The van der Waals surface area contributed by atoms with Gasteiger partial charge in [-0.1, -0.05) is 11.6 Å². The molecule has 1 heterocycles. The molecule has 2 rings (SSSR count). The predicted octanol–water partition coefficient (Wildman–Crippen LogP) is 3.19. The van der Waals surface area contributed by atoms with E-state index in [2.05, 4.69) is 15.3 Å². The summed E-state index contributed by atoms with van der Waals surface area (Å²) in [5.41, 5.74) is 1.22. The Balaban J connectivity index is 2.07. The predicted molar refractivity (Wildman–Crippen MR) is 65.5 cm³/mol. The van der Waals surface area contributed by atoms with Crippen molar-refractivity contribution in [2.24, 2.45) is 0 Å². The largest absolute Gasteiger partial charge is 0.377 e. The topological polar surface area (TPSA) is 37.8 Å². The summed E-state index contributed by atoms with van der Waals surface area (Å²) >= 11 is 5.67. The maximum atomic E-state index is 13.5. The maximum absolute atomic E-state index is 13.5. The van der Waals surface area contributed by atoms with Gasteiger partial charge in [0, 0.05) is 11.2 Å². The molecule has 0 radical (unpaired) electrons. The van der Waals surface area contributed by atoms with Gasteiger partial charge in [0.2, 0.25) is 0 Å². The molecule has 1 N–H and O–H groups in total. The Labute approximate surface area is 104 Å². The molecule has 3 nitrogen and oxygen atoms in total. The van der Waals surface area contributed by atoms with Crippen molar-refractivity contribution < 1.29 is 4.39 Å². The molecule has 88 valence electrons. The molecule has 0 aliphatic heterocycles. The van der Waals surface area contributed by atoms with Crippen molar-refractivity contribution >= 4 is 17.3 Å². The molecule has 0 bridgehead atoms. The first-order chi connectivity index (χ1) is 8.15. The van der Waals surface area contributed by atoms with E-state index in [1.165, 1.54) is 6.07 Å². The van der Waals surface area contributed by atoms with Gasteiger partial charge < -0.3 is 5.32 Å². The molecule has 0 amide bonds. The van der Waals surface area contributed by atoms with Crippen LogP contribution in [0, 0.1) is 12.7 Å². The van der Waals surface area contributed by atoms with Gasteiger partial charge in [-0.15, -0.1) is 0 Å². The molecule has 0 saturated carbocycles. The number of hydrogen-bond donors (Lipinski definition) is 1. The highest BCUT2D eigenvalue weighted by Crippen LogP contribution is 2.19. The smallest absolute Gasteiger partial charge is 0.147 e. The summed E-state index contributed by atoms with van der Waals surface area (Å²) in [6.07, 6.45) is 1.68. The average Bonchev–Trinajstić information content (AvgIpc) is 2.28. The van der Waals surface area contributed by atoms with Gasteiger partial charge in [0.25, 0.3) is 0 Å². The average molecular weight is 252 g/mol. The second kappa shape index (κ2) is 5.10. The van der Waals surface area contributed by atoms with E-state index in [1.54, 1.807) is 24.4 Å². The lowest BCUT2D eigenvalue weighted by Gasteiger charge is -2.07. The Morgan fingerprint density at radius 1 is 1.35 bits per heavy atom. The number of anilines is 1. The summed E-state index contributed by atoms with van der Waals surface area (Å²) in [7, 11) is 0. The molecule has 0 saturated heterocycles. The lowest BCUT2D eigenvalue weighted by Crippen LogP contribution is -2.04. The first-order valence-corrected chi connectivity index (χ1v) is 5.50. The van der Waals surface area contributed by atoms with E-state index >= 15 is 0 Å². The van der Waals surface area contributed by atoms with Crippen LogP contribution in [0.1, 0.15) is 11.5 Å². The molecule has 17 heavy (non-hydrogen) atoms. The second-order valence-corrected chi connectivity index (χ2v) is 4.01. The van der Waals surface area contributed by atoms with Crippen LogP contribution in [-0.2, 0) is 6.54 Å². The van der Waals surface area contributed by atoms with Gasteiger partial charge in [-0.05, 0) is 31.2 Å². The van der Waals surface area contributed by atoms with Crippen LogP contribution in [0.2, 0.25) is 5.02 Å². The highest BCUT2D eigenvalue weighted by Gasteiger charge is 2.03. The summed E-state index contributed by atoms with van der Waals surface area (Å²) in [5, 5.41) is 3.34. The number of hydrogen-bond acceptors (Lipinski definition) is 3. The fourth-order valence-corrected chi connectivity index (χ4v) is 1.58. The van der Waals surface area contributed by atoms with Gasteiger partial charge in [0.15, 0.2) is 0 Å². The van der Waals surface area contributed by atoms with Gasteiger partial charge >= 0.3 is 0 Å². The van der Waals surface area contributed by atoms with Crippen molar-refractivity contribution in [2.75, 3.05) is 5.32 Å². The monoisotopic (exact) mass is 251 g/mol. The van der Waals surface area contributed by atoms with Crippen LogP contribution in [0.3, 0.4) is 0 Å². The molecule has 0 atom stereocenters. The van der Waals surface area contributed by atoms with Crippen LogP contribution in [0.25, 0.3) is 0 Å². The van der Waals surface area contributed by atoms with Gasteiger partial charge in [0.1, 0.15) is 11.6 Å². The quantitative estimate of drug-likeness (QED) is 0.910. The van der Waals surface area contributed by atoms with Gasteiger partial charge in [-0.2, -0.15) is 0 Å². The minimum Gasteiger partial charge on any atom is -0.377 e. The first-order valence-electron chi connectivity index (χ1n) is 5.12. The zero-order valence-corrected chi connectivity index (χ0v) is 10.0. The van der Waals surface area contributed by atoms with Crippen LogP contribution in [-0.4, -0.2) is 9.97 Å². The van der Waals surface area contributed by atoms with E-state index in [9.17, 15) is 4.39 Å². The molecule has 5 heteroatoms. The van der Waals surface area contributed by atoms with Crippen molar-refractivity contribution in [2.45, 2.75) is 13.5 Å². The number of halogens is 2. The third-order valence-electron chi connectivity index (χ3n) is 2.22. The minimum absolute atomic E-state index is 0.372. The fourth-order valence-electron chi connectivity index (χ4n) is 1.42. The SMILES string of the molecule is Cc1nccc(CNc2ccc(Cl)cc2F)n1. The molecular weight excluding hydrogens is 241 g/mol. The molecule has 0 fully saturated rings. The summed E-state index contributed by atoms with van der Waals surface area (Å²) in [5.74, 6) is 0.323. The normalized spacial score (nSPS) is 10.3. The van der Waals surface area contributed by atoms with Crippen LogP contribution >= 0.6 is 11.6 Å². The summed E-state index contributed by atoms with van der Waals surface area (Å²) in [6.45, 7) is 2.26. The molecule has 2 aromatic rings. The van der Waals surface area contributed by atoms with Crippen LogP contribution in [0.15, 0.2) is 30.5 Å². The lowest BCUT2D eigenvalue weighted by molar-refractivity contribution is 0.630. The Morgan fingerprint density at radius 3 is 2.88 bits per heavy atom. The lowest BCUT2D eigenvalue weighted by atomic mass is 10.3. The van der Waals surface area contributed by atoms with E-state index < -0.39 is 0 Å².